The first-order valence-electron chi connectivity index (χ1n) is 7.08. The summed E-state index contributed by atoms with van der Waals surface area (Å²) in [4.78, 5) is 4.05. The lowest BCUT2D eigenvalue weighted by molar-refractivity contribution is 0.0126. The third-order valence-corrected chi connectivity index (χ3v) is 3.88. The van der Waals surface area contributed by atoms with E-state index in [2.05, 4.69) is 11.9 Å². The number of hydrogen-bond donors (Lipinski definition) is 1. The Kier molecular flexibility index (Phi) is 5.14. The van der Waals surface area contributed by atoms with Gasteiger partial charge in [0.25, 0.3) is 0 Å². The van der Waals surface area contributed by atoms with Gasteiger partial charge in [0.1, 0.15) is 0 Å². The van der Waals surface area contributed by atoms with E-state index in [0.717, 1.165) is 24.5 Å². The summed E-state index contributed by atoms with van der Waals surface area (Å²) >= 11 is 0. The van der Waals surface area contributed by atoms with Gasteiger partial charge < -0.3 is 10.5 Å². The second-order valence-electron chi connectivity index (χ2n) is 5.26. The lowest BCUT2D eigenvalue weighted by Gasteiger charge is -2.25. The van der Waals surface area contributed by atoms with Gasteiger partial charge >= 0.3 is 0 Å². The fourth-order valence-corrected chi connectivity index (χ4v) is 2.65. The summed E-state index contributed by atoms with van der Waals surface area (Å²) in [7, 11) is 0. The second kappa shape index (κ2) is 6.86. The van der Waals surface area contributed by atoms with Crippen LogP contribution in [0.25, 0.3) is 0 Å². The standard InChI is InChI=1S/C15H24N2O/c1-2-14(16)15(13-7-9-17-10-8-13)18-11-12-5-3-4-6-12/h7-10,12,14-15H,2-6,11,16H2,1H3. The molecule has 3 heteroatoms. The largest absolute Gasteiger partial charge is 0.372 e. The average Bonchev–Trinajstić information content (AvgIpc) is 2.93. The highest BCUT2D eigenvalue weighted by molar-refractivity contribution is 5.15. The third-order valence-electron chi connectivity index (χ3n) is 3.88. The molecule has 100 valence electrons. The number of nitrogens with zero attached hydrogens (tertiary/aromatic N) is 1. The number of rotatable bonds is 6. The quantitative estimate of drug-likeness (QED) is 0.841. The molecule has 0 spiro atoms. The van der Waals surface area contributed by atoms with Gasteiger partial charge in [0.05, 0.1) is 12.7 Å². The van der Waals surface area contributed by atoms with E-state index in [-0.39, 0.29) is 12.1 Å². The van der Waals surface area contributed by atoms with E-state index in [1.165, 1.54) is 25.7 Å². The third kappa shape index (κ3) is 3.53. The van der Waals surface area contributed by atoms with Crippen LogP contribution in [0.1, 0.15) is 50.7 Å². The molecule has 0 bridgehead atoms. The van der Waals surface area contributed by atoms with Crippen LogP contribution in [-0.2, 0) is 4.74 Å². The molecular weight excluding hydrogens is 224 g/mol. The van der Waals surface area contributed by atoms with Crippen molar-refractivity contribution < 1.29 is 4.74 Å². The predicted octanol–water partition coefficient (Wildman–Crippen LogP) is 3.07. The van der Waals surface area contributed by atoms with Gasteiger partial charge in [-0.25, -0.2) is 0 Å². The van der Waals surface area contributed by atoms with Gasteiger partial charge in [-0.1, -0.05) is 19.8 Å². The van der Waals surface area contributed by atoms with E-state index in [1.807, 2.05) is 24.5 Å². The van der Waals surface area contributed by atoms with E-state index in [0.29, 0.717) is 0 Å². The highest BCUT2D eigenvalue weighted by atomic mass is 16.5. The summed E-state index contributed by atoms with van der Waals surface area (Å²) in [5.74, 6) is 0.735. The minimum Gasteiger partial charge on any atom is -0.372 e. The van der Waals surface area contributed by atoms with Crippen molar-refractivity contribution in [2.24, 2.45) is 11.7 Å². The molecule has 0 aromatic carbocycles. The first kappa shape index (κ1) is 13.5. The highest BCUT2D eigenvalue weighted by Crippen LogP contribution is 2.28. The van der Waals surface area contributed by atoms with Crippen molar-refractivity contribution in [2.45, 2.75) is 51.2 Å². The van der Waals surface area contributed by atoms with Crippen LogP contribution < -0.4 is 5.73 Å². The van der Waals surface area contributed by atoms with Gasteiger partial charge in [0.2, 0.25) is 0 Å². The summed E-state index contributed by atoms with van der Waals surface area (Å²) < 4.78 is 6.11. The Hall–Kier alpha value is -0.930. The topological polar surface area (TPSA) is 48.1 Å². The minimum atomic E-state index is 0.0126. The fourth-order valence-electron chi connectivity index (χ4n) is 2.65. The number of aromatic nitrogens is 1. The van der Waals surface area contributed by atoms with Crippen molar-refractivity contribution in [3.8, 4) is 0 Å². The van der Waals surface area contributed by atoms with Crippen LogP contribution in [0.4, 0.5) is 0 Å². The van der Waals surface area contributed by atoms with Gasteiger partial charge in [0, 0.05) is 18.4 Å². The maximum absolute atomic E-state index is 6.19. The maximum Gasteiger partial charge on any atom is 0.0976 e. The number of nitrogens with two attached hydrogens (primary N) is 1. The SMILES string of the molecule is CCC(N)C(OCC1CCCC1)c1ccncc1. The molecule has 1 fully saturated rings. The Bertz CT molecular complexity index is 336. The Morgan fingerprint density at radius 2 is 2.00 bits per heavy atom. The molecule has 1 aromatic rings. The van der Waals surface area contributed by atoms with Gasteiger partial charge in [-0.15, -0.1) is 0 Å². The number of pyridine rings is 1. The smallest absolute Gasteiger partial charge is 0.0976 e. The van der Waals surface area contributed by atoms with Crippen LogP contribution in [0.15, 0.2) is 24.5 Å². The summed E-state index contributed by atoms with van der Waals surface area (Å²) in [6.07, 6.45) is 9.89. The van der Waals surface area contributed by atoms with Crippen LogP contribution in [0.5, 0.6) is 0 Å². The van der Waals surface area contributed by atoms with Crippen LogP contribution in [0.3, 0.4) is 0 Å². The van der Waals surface area contributed by atoms with Crippen LogP contribution >= 0.6 is 0 Å². The molecule has 2 rings (SSSR count). The molecule has 0 radical (unpaired) electrons. The van der Waals surface area contributed by atoms with Crippen molar-refractivity contribution in [2.75, 3.05) is 6.61 Å². The van der Waals surface area contributed by atoms with Crippen LogP contribution in [0.2, 0.25) is 0 Å². The molecule has 2 N–H and O–H groups in total. The number of hydrogen-bond acceptors (Lipinski definition) is 3. The minimum absolute atomic E-state index is 0.0126. The first-order valence-corrected chi connectivity index (χ1v) is 7.08. The van der Waals surface area contributed by atoms with Gasteiger partial charge in [-0.05, 0) is 42.9 Å². The predicted molar refractivity (Wildman–Crippen MR) is 73.2 cm³/mol. The first-order chi connectivity index (χ1) is 8.81. The van der Waals surface area contributed by atoms with Gasteiger partial charge in [-0.2, -0.15) is 0 Å². The Balaban J connectivity index is 1.96. The van der Waals surface area contributed by atoms with Gasteiger partial charge in [-0.3, -0.25) is 4.98 Å². The Morgan fingerprint density at radius 1 is 1.33 bits per heavy atom. The zero-order chi connectivity index (χ0) is 12.8. The molecule has 0 aliphatic heterocycles. The molecule has 2 atom stereocenters. The maximum atomic E-state index is 6.19. The Morgan fingerprint density at radius 3 is 2.61 bits per heavy atom. The molecule has 1 aliphatic rings. The van der Waals surface area contributed by atoms with Gasteiger partial charge in [0.15, 0.2) is 0 Å². The lowest BCUT2D eigenvalue weighted by atomic mass is 10.0. The summed E-state index contributed by atoms with van der Waals surface area (Å²) in [6.45, 7) is 2.96. The zero-order valence-electron chi connectivity index (χ0n) is 11.2. The molecule has 0 amide bonds. The molecule has 0 saturated heterocycles. The second-order valence-corrected chi connectivity index (χ2v) is 5.26. The summed E-state index contributed by atoms with van der Waals surface area (Å²) in [5.41, 5.74) is 7.34. The molecule has 2 unspecified atom stereocenters. The van der Waals surface area contributed by atoms with Crippen molar-refractivity contribution in [3.05, 3.63) is 30.1 Å². The zero-order valence-corrected chi connectivity index (χ0v) is 11.2. The summed E-state index contributed by atoms with van der Waals surface area (Å²) in [6, 6.07) is 4.08. The monoisotopic (exact) mass is 248 g/mol. The lowest BCUT2D eigenvalue weighted by Crippen LogP contribution is -2.30. The van der Waals surface area contributed by atoms with E-state index in [1.54, 1.807) is 0 Å². The van der Waals surface area contributed by atoms with E-state index in [4.69, 9.17) is 10.5 Å². The fraction of sp³-hybridized carbons (Fsp3) is 0.667. The molecule has 1 saturated carbocycles. The normalized spacial score (nSPS) is 19.9. The van der Waals surface area contributed by atoms with Crippen molar-refractivity contribution >= 4 is 0 Å². The van der Waals surface area contributed by atoms with Crippen LogP contribution in [0, 0.1) is 5.92 Å². The molecule has 1 aromatic heterocycles. The highest BCUT2D eigenvalue weighted by Gasteiger charge is 2.22. The molecule has 3 nitrogen and oxygen atoms in total. The number of ether oxygens (including phenoxy) is 1. The van der Waals surface area contributed by atoms with Crippen molar-refractivity contribution in [1.82, 2.24) is 4.98 Å². The average molecular weight is 248 g/mol. The van der Waals surface area contributed by atoms with E-state index < -0.39 is 0 Å². The van der Waals surface area contributed by atoms with E-state index >= 15 is 0 Å². The molecule has 1 aliphatic carbocycles. The molecule has 1 heterocycles. The Labute approximate surface area is 110 Å². The van der Waals surface area contributed by atoms with E-state index in [9.17, 15) is 0 Å². The van der Waals surface area contributed by atoms with Crippen LogP contribution in [-0.4, -0.2) is 17.6 Å². The molecule has 18 heavy (non-hydrogen) atoms. The molecular formula is C15H24N2O. The summed E-state index contributed by atoms with van der Waals surface area (Å²) in [5, 5.41) is 0. The van der Waals surface area contributed by atoms with Crippen molar-refractivity contribution in [1.29, 1.82) is 0 Å². The van der Waals surface area contributed by atoms with Crippen molar-refractivity contribution in [3.63, 3.8) is 0 Å².